The standard InChI is InChI=1S/C10H7F3N2/c1-3-7(4-2)8-5-9(10(11,12)13)15-6-14-8/h3,5-6H,1-2H2. The van der Waals surface area contributed by atoms with Crippen molar-refractivity contribution in [1.82, 2.24) is 9.97 Å². The molecule has 0 aromatic carbocycles. The van der Waals surface area contributed by atoms with Crippen molar-refractivity contribution in [3.8, 4) is 0 Å². The van der Waals surface area contributed by atoms with E-state index in [2.05, 4.69) is 28.9 Å². The first-order valence-corrected chi connectivity index (χ1v) is 3.91. The Bertz CT molecular complexity index is 429. The number of rotatable bonds is 2. The first-order valence-electron chi connectivity index (χ1n) is 3.91. The Kier molecular flexibility index (Phi) is 3.07. The SMILES string of the molecule is C=C=C(C=C)c1cc(C(F)(F)F)ncn1. The summed E-state index contributed by atoms with van der Waals surface area (Å²) in [5.41, 5.74) is 1.85. The van der Waals surface area contributed by atoms with Crippen molar-refractivity contribution in [3.63, 3.8) is 0 Å². The summed E-state index contributed by atoms with van der Waals surface area (Å²) in [6.45, 7) is 6.74. The maximum atomic E-state index is 12.3. The Balaban J connectivity index is 3.25. The lowest BCUT2D eigenvalue weighted by molar-refractivity contribution is -0.141. The molecule has 0 amide bonds. The predicted molar refractivity (Wildman–Crippen MR) is 49.8 cm³/mol. The monoisotopic (exact) mass is 212 g/mol. The lowest BCUT2D eigenvalue weighted by Crippen LogP contribution is -2.08. The van der Waals surface area contributed by atoms with Gasteiger partial charge in [-0.2, -0.15) is 13.2 Å². The molecule has 78 valence electrons. The van der Waals surface area contributed by atoms with E-state index < -0.39 is 11.9 Å². The second-order valence-electron chi connectivity index (χ2n) is 2.58. The Morgan fingerprint density at radius 2 is 2.07 bits per heavy atom. The van der Waals surface area contributed by atoms with Gasteiger partial charge in [-0.25, -0.2) is 9.97 Å². The molecule has 2 nitrogen and oxygen atoms in total. The molecule has 0 aliphatic rings. The molecule has 1 heterocycles. The van der Waals surface area contributed by atoms with Gasteiger partial charge in [-0.3, -0.25) is 0 Å². The highest BCUT2D eigenvalue weighted by molar-refractivity contribution is 5.70. The second kappa shape index (κ2) is 4.11. The average molecular weight is 212 g/mol. The van der Waals surface area contributed by atoms with Crippen molar-refractivity contribution < 1.29 is 13.2 Å². The number of aromatic nitrogens is 2. The summed E-state index contributed by atoms with van der Waals surface area (Å²) >= 11 is 0. The van der Waals surface area contributed by atoms with Crippen molar-refractivity contribution in [3.05, 3.63) is 48.7 Å². The van der Waals surface area contributed by atoms with Gasteiger partial charge in [0.1, 0.15) is 12.0 Å². The third-order valence-corrected chi connectivity index (χ3v) is 1.63. The van der Waals surface area contributed by atoms with Crippen LogP contribution in [0.2, 0.25) is 0 Å². The number of hydrogen-bond donors (Lipinski definition) is 0. The van der Waals surface area contributed by atoms with E-state index in [1.165, 1.54) is 6.08 Å². The van der Waals surface area contributed by atoms with Crippen LogP contribution in [0.3, 0.4) is 0 Å². The first-order chi connectivity index (χ1) is 6.99. The van der Waals surface area contributed by atoms with Crippen LogP contribution in [0, 0.1) is 0 Å². The molecular weight excluding hydrogens is 205 g/mol. The molecule has 0 unspecified atom stereocenters. The van der Waals surface area contributed by atoms with Crippen molar-refractivity contribution >= 4 is 5.57 Å². The van der Waals surface area contributed by atoms with Crippen LogP contribution < -0.4 is 0 Å². The van der Waals surface area contributed by atoms with Crippen LogP contribution in [-0.2, 0) is 6.18 Å². The molecule has 15 heavy (non-hydrogen) atoms. The molecule has 0 radical (unpaired) electrons. The van der Waals surface area contributed by atoms with E-state index in [9.17, 15) is 13.2 Å². The van der Waals surface area contributed by atoms with Gasteiger partial charge < -0.3 is 0 Å². The number of hydrogen-bond acceptors (Lipinski definition) is 2. The van der Waals surface area contributed by atoms with Crippen LogP contribution in [-0.4, -0.2) is 9.97 Å². The summed E-state index contributed by atoms with van der Waals surface area (Å²) in [5.74, 6) is 0. The molecule has 0 spiro atoms. The van der Waals surface area contributed by atoms with E-state index in [-0.39, 0.29) is 5.69 Å². The van der Waals surface area contributed by atoms with E-state index in [4.69, 9.17) is 0 Å². The number of allylic oxidation sites excluding steroid dienone is 2. The number of halogens is 3. The molecule has 0 aliphatic carbocycles. The molecule has 5 heteroatoms. The fraction of sp³-hybridized carbons (Fsp3) is 0.100. The van der Waals surface area contributed by atoms with E-state index in [0.717, 1.165) is 12.4 Å². The summed E-state index contributed by atoms with van der Waals surface area (Å²) in [4.78, 5) is 6.80. The minimum Gasteiger partial charge on any atom is -0.236 e. The molecule has 0 saturated heterocycles. The smallest absolute Gasteiger partial charge is 0.236 e. The molecule has 1 rings (SSSR count). The minimum absolute atomic E-state index is 0.0994. The molecule has 0 fully saturated rings. The van der Waals surface area contributed by atoms with Gasteiger partial charge in [-0.15, -0.1) is 5.73 Å². The fourth-order valence-electron chi connectivity index (χ4n) is 0.927. The Labute approximate surface area is 84.5 Å². The van der Waals surface area contributed by atoms with E-state index in [1.807, 2.05) is 0 Å². The van der Waals surface area contributed by atoms with Crippen LogP contribution in [0.5, 0.6) is 0 Å². The van der Waals surface area contributed by atoms with Gasteiger partial charge in [-0.05, 0) is 6.07 Å². The second-order valence-corrected chi connectivity index (χ2v) is 2.58. The summed E-state index contributed by atoms with van der Waals surface area (Å²) in [6, 6.07) is 0.829. The van der Waals surface area contributed by atoms with Crippen LogP contribution in [0.15, 0.2) is 37.4 Å². The highest BCUT2D eigenvalue weighted by Crippen LogP contribution is 2.28. The van der Waals surface area contributed by atoms with E-state index in [0.29, 0.717) is 5.57 Å². The zero-order chi connectivity index (χ0) is 11.5. The fourth-order valence-corrected chi connectivity index (χ4v) is 0.927. The normalized spacial score (nSPS) is 10.6. The molecule has 1 aromatic rings. The summed E-state index contributed by atoms with van der Waals surface area (Å²) < 4.78 is 36.8. The maximum absolute atomic E-state index is 12.3. The van der Waals surface area contributed by atoms with E-state index in [1.54, 1.807) is 0 Å². The van der Waals surface area contributed by atoms with Crippen LogP contribution >= 0.6 is 0 Å². The van der Waals surface area contributed by atoms with Crippen LogP contribution in [0.25, 0.3) is 5.57 Å². The molecule has 0 atom stereocenters. The molecule has 0 N–H and O–H groups in total. The zero-order valence-corrected chi connectivity index (χ0v) is 7.67. The molecular formula is C10H7F3N2. The van der Waals surface area contributed by atoms with Gasteiger partial charge in [0.2, 0.25) is 0 Å². The Hall–Kier alpha value is -1.87. The van der Waals surface area contributed by atoms with E-state index >= 15 is 0 Å². The maximum Gasteiger partial charge on any atom is 0.433 e. The van der Waals surface area contributed by atoms with Gasteiger partial charge >= 0.3 is 6.18 Å². The molecule has 0 aliphatic heterocycles. The van der Waals surface area contributed by atoms with Gasteiger partial charge in [-0.1, -0.05) is 19.2 Å². The van der Waals surface area contributed by atoms with Crippen molar-refractivity contribution in [1.29, 1.82) is 0 Å². The van der Waals surface area contributed by atoms with Crippen LogP contribution in [0.1, 0.15) is 11.4 Å². The van der Waals surface area contributed by atoms with Gasteiger partial charge in [0.25, 0.3) is 0 Å². The molecule has 0 saturated carbocycles. The largest absolute Gasteiger partial charge is 0.433 e. The highest BCUT2D eigenvalue weighted by Gasteiger charge is 2.32. The van der Waals surface area contributed by atoms with Gasteiger partial charge in [0, 0.05) is 5.57 Å². The van der Waals surface area contributed by atoms with Crippen molar-refractivity contribution in [2.75, 3.05) is 0 Å². The zero-order valence-electron chi connectivity index (χ0n) is 7.67. The summed E-state index contributed by atoms with van der Waals surface area (Å²) in [6.07, 6.45) is -2.31. The quantitative estimate of drug-likeness (QED) is 0.556. The first kappa shape index (κ1) is 11.2. The van der Waals surface area contributed by atoms with Crippen LogP contribution in [0.4, 0.5) is 13.2 Å². The van der Waals surface area contributed by atoms with Crippen molar-refractivity contribution in [2.24, 2.45) is 0 Å². The van der Waals surface area contributed by atoms with Crippen molar-refractivity contribution in [2.45, 2.75) is 6.18 Å². The molecule has 0 bridgehead atoms. The molecule has 1 aromatic heterocycles. The summed E-state index contributed by atoms with van der Waals surface area (Å²) in [5, 5.41) is 0. The Morgan fingerprint density at radius 1 is 1.40 bits per heavy atom. The lowest BCUT2D eigenvalue weighted by atomic mass is 10.2. The lowest BCUT2D eigenvalue weighted by Gasteiger charge is -2.06. The predicted octanol–water partition coefficient (Wildman–Crippen LogP) is 2.85. The average Bonchev–Trinajstić information content (AvgIpc) is 2.19. The Morgan fingerprint density at radius 3 is 2.53 bits per heavy atom. The topological polar surface area (TPSA) is 25.8 Å². The third-order valence-electron chi connectivity index (χ3n) is 1.63. The number of nitrogens with zero attached hydrogens (tertiary/aromatic N) is 2. The van der Waals surface area contributed by atoms with Gasteiger partial charge in [0.15, 0.2) is 0 Å². The van der Waals surface area contributed by atoms with Gasteiger partial charge in [0.05, 0.1) is 5.69 Å². The number of alkyl halides is 3. The summed E-state index contributed by atoms with van der Waals surface area (Å²) in [7, 11) is 0. The third kappa shape index (κ3) is 2.54. The minimum atomic E-state index is -4.48. The highest BCUT2D eigenvalue weighted by atomic mass is 19.4.